The molecule has 0 saturated carbocycles. The highest BCUT2D eigenvalue weighted by molar-refractivity contribution is 5.81. The van der Waals surface area contributed by atoms with E-state index in [2.05, 4.69) is 4.98 Å². The van der Waals surface area contributed by atoms with Crippen LogP contribution in [0, 0.1) is 6.92 Å². The highest BCUT2D eigenvalue weighted by Crippen LogP contribution is 2.21. The Kier molecular flexibility index (Phi) is 8.34. The number of nitrogens with two attached hydrogens (primary N) is 1. The van der Waals surface area contributed by atoms with Crippen molar-refractivity contribution in [1.29, 1.82) is 0 Å². The average molecular weight is 314 g/mol. The zero-order valence-corrected chi connectivity index (χ0v) is 11.9. The standard InChI is InChI=1S/C8H9NO3.C5H9NO4/c1-5-8(12)7(4-11)6(3-10)2-9-5;6-3(5(9)10)1-2-4(7)8/h2,4,10,12H,3H2,1H3;3H,1-2,6H2,(H,7,8)(H,9,10). The molecule has 1 atom stereocenters. The van der Waals surface area contributed by atoms with Crippen molar-refractivity contribution in [3.63, 3.8) is 0 Å². The molecule has 1 unspecified atom stereocenters. The minimum absolute atomic E-state index is 0.0231. The molecule has 22 heavy (non-hydrogen) atoms. The molecule has 0 amide bonds. The van der Waals surface area contributed by atoms with Gasteiger partial charge in [0.15, 0.2) is 6.29 Å². The van der Waals surface area contributed by atoms with Gasteiger partial charge in [-0.25, -0.2) is 0 Å². The molecule has 122 valence electrons. The van der Waals surface area contributed by atoms with E-state index in [1.165, 1.54) is 6.20 Å². The number of carbonyl (C=O) groups is 3. The highest BCUT2D eigenvalue weighted by atomic mass is 16.4. The number of pyridine rings is 1. The second-order valence-electron chi connectivity index (χ2n) is 4.28. The predicted molar refractivity (Wildman–Crippen MR) is 74.4 cm³/mol. The molecule has 0 radical (unpaired) electrons. The molecule has 0 aliphatic carbocycles. The first-order valence-corrected chi connectivity index (χ1v) is 6.18. The van der Waals surface area contributed by atoms with Crippen LogP contribution in [0.5, 0.6) is 5.75 Å². The molecule has 1 rings (SSSR count). The van der Waals surface area contributed by atoms with Gasteiger partial charge in [0.2, 0.25) is 0 Å². The van der Waals surface area contributed by atoms with Crippen LogP contribution in [-0.4, -0.2) is 49.7 Å². The molecule has 9 heteroatoms. The van der Waals surface area contributed by atoms with Crippen molar-refractivity contribution in [2.75, 3.05) is 0 Å². The molecular weight excluding hydrogens is 296 g/mol. The number of hydrogen-bond acceptors (Lipinski definition) is 7. The quantitative estimate of drug-likeness (QED) is 0.440. The monoisotopic (exact) mass is 314 g/mol. The van der Waals surface area contributed by atoms with Gasteiger partial charge < -0.3 is 26.2 Å². The molecule has 9 nitrogen and oxygen atoms in total. The third-order valence-corrected chi connectivity index (χ3v) is 2.63. The number of rotatable bonds is 6. The lowest BCUT2D eigenvalue weighted by Gasteiger charge is -2.04. The van der Waals surface area contributed by atoms with E-state index in [9.17, 15) is 19.5 Å². The van der Waals surface area contributed by atoms with Gasteiger partial charge in [0.1, 0.15) is 11.8 Å². The number of hydrogen-bond donors (Lipinski definition) is 5. The van der Waals surface area contributed by atoms with Gasteiger partial charge in [0.25, 0.3) is 0 Å². The fourth-order valence-corrected chi connectivity index (χ4v) is 1.31. The van der Waals surface area contributed by atoms with E-state index in [4.69, 9.17) is 21.1 Å². The Labute approximate surface area is 126 Å². The summed E-state index contributed by atoms with van der Waals surface area (Å²) in [6.45, 7) is 1.29. The zero-order chi connectivity index (χ0) is 17.3. The minimum Gasteiger partial charge on any atom is -0.505 e. The number of aliphatic carboxylic acids is 2. The lowest BCUT2D eigenvalue weighted by Crippen LogP contribution is -2.30. The summed E-state index contributed by atoms with van der Waals surface area (Å²) in [6, 6.07) is -1.06. The van der Waals surface area contributed by atoms with Crippen LogP contribution in [0.15, 0.2) is 6.20 Å². The van der Waals surface area contributed by atoms with Crippen LogP contribution >= 0.6 is 0 Å². The van der Waals surface area contributed by atoms with Gasteiger partial charge in [0.05, 0.1) is 17.9 Å². The summed E-state index contributed by atoms with van der Waals surface area (Å²) in [4.78, 5) is 34.1. The van der Waals surface area contributed by atoms with Crippen LogP contribution in [0.3, 0.4) is 0 Å². The molecule has 0 bridgehead atoms. The van der Waals surface area contributed by atoms with E-state index in [0.717, 1.165) is 0 Å². The highest BCUT2D eigenvalue weighted by Gasteiger charge is 2.12. The number of carbonyl (C=O) groups excluding carboxylic acids is 1. The van der Waals surface area contributed by atoms with Crippen molar-refractivity contribution in [1.82, 2.24) is 4.98 Å². The first-order chi connectivity index (χ1) is 10.2. The lowest BCUT2D eigenvalue weighted by atomic mass is 10.1. The average Bonchev–Trinajstić information content (AvgIpc) is 2.47. The van der Waals surface area contributed by atoms with Gasteiger partial charge in [0, 0.05) is 18.2 Å². The van der Waals surface area contributed by atoms with Crippen molar-refractivity contribution < 1.29 is 34.8 Å². The van der Waals surface area contributed by atoms with Gasteiger partial charge in [-0.15, -0.1) is 0 Å². The Balaban J connectivity index is 0.000000409. The third-order valence-electron chi connectivity index (χ3n) is 2.63. The molecular formula is C13H18N2O7. The molecule has 0 spiro atoms. The summed E-state index contributed by atoms with van der Waals surface area (Å²) in [7, 11) is 0. The molecule has 0 saturated heterocycles. The van der Waals surface area contributed by atoms with Crippen LogP contribution in [0.25, 0.3) is 0 Å². The third kappa shape index (κ3) is 6.29. The zero-order valence-electron chi connectivity index (χ0n) is 11.9. The summed E-state index contributed by atoms with van der Waals surface area (Å²) in [5, 5.41) is 34.3. The van der Waals surface area contributed by atoms with Crippen molar-refractivity contribution in [3.8, 4) is 5.75 Å². The van der Waals surface area contributed by atoms with E-state index >= 15 is 0 Å². The maximum Gasteiger partial charge on any atom is 0.320 e. The smallest absolute Gasteiger partial charge is 0.320 e. The molecule has 1 heterocycles. The summed E-state index contributed by atoms with van der Waals surface area (Å²) in [6.07, 6.45) is 1.66. The van der Waals surface area contributed by atoms with Gasteiger partial charge >= 0.3 is 11.9 Å². The van der Waals surface area contributed by atoms with Crippen LogP contribution < -0.4 is 5.73 Å². The van der Waals surface area contributed by atoms with Crippen molar-refractivity contribution >= 4 is 18.2 Å². The van der Waals surface area contributed by atoms with Crippen LogP contribution in [0.2, 0.25) is 0 Å². The summed E-state index contributed by atoms with van der Waals surface area (Å²) in [5.41, 5.74) is 5.84. The summed E-state index contributed by atoms with van der Waals surface area (Å²) in [5.74, 6) is -2.35. The number of carboxylic acids is 2. The fourth-order valence-electron chi connectivity index (χ4n) is 1.31. The Morgan fingerprint density at radius 3 is 2.41 bits per heavy atom. The Morgan fingerprint density at radius 2 is 2.00 bits per heavy atom. The van der Waals surface area contributed by atoms with E-state index in [1.54, 1.807) is 6.92 Å². The molecule has 1 aromatic rings. The number of aromatic hydroxyl groups is 1. The summed E-state index contributed by atoms with van der Waals surface area (Å²) >= 11 is 0. The van der Waals surface area contributed by atoms with Crippen molar-refractivity contribution in [3.05, 3.63) is 23.0 Å². The van der Waals surface area contributed by atoms with Gasteiger partial charge in [-0.3, -0.25) is 19.4 Å². The van der Waals surface area contributed by atoms with Gasteiger partial charge in [-0.2, -0.15) is 0 Å². The van der Waals surface area contributed by atoms with Gasteiger partial charge in [-0.1, -0.05) is 0 Å². The molecule has 0 aliphatic heterocycles. The van der Waals surface area contributed by atoms with E-state index in [1.807, 2.05) is 0 Å². The molecule has 1 aromatic heterocycles. The SMILES string of the molecule is Cc1ncc(CO)c(C=O)c1O.NC(CCC(=O)O)C(=O)O. The van der Waals surface area contributed by atoms with E-state index < -0.39 is 18.0 Å². The maximum atomic E-state index is 10.5. The predicted octanol–water partition coefficient (Wildman–Crippen LogP) is -0.336. The minimum atomic E-state index is -1.17. The number of aliphatic hydroxyl groups excluding tert-OH is 1. The van der Waals surface area contributed by atoms with Crippen LogP contribution in [-0.2, 0) is 16.2 Å². The van der Waals surface area contributed by atoms with E-state index in [-0.39, 0.29) is 30.8 Å². The van der Waals surface area contributed by atoms with Crippen LogP contribution in [0.4, 0.5) is 0 Å². The topological polar surface area (TPSA) is 171 Å². The van der Waals surface area contributed by atoms with Crippen molar-refractivity contribution in [2.24, 2.45) is 5.73 Å². The number of aromatic nitrogens is 1. The second kappa shape index (κ2) is 9.42. The Bertz CT molecular complexity index is 545. The number of carboxylic acid groups (broad SMARTS) is 2. The Hall–Kier alpha value is -2.52. The van der Waals surface area contributed by atoms with Gasteiger partial charge in [-0.05, 0) is 13.3 Å². The first-order valence-electron chi connectivity index (χ1n) is 6.18. The van der Waals surface area contributed by atoms with Crippen molar-refractivity contribution in [2.45, 2.75) is 32.4 Å². The molecule has 6 N–H and O–H groups in total. The van der Waals surface area contributed by atoms with Crippen LogP contribution in [0.1, 0.15) is 34.5 Å². The molecule has 0 fully saturated rings. The Morgan fingerprint density at radius 1 is 1.41 bits per heavy atom. The summed E-state index contributed by atoms with van der Waals surface area (Å²) < 4.78 is 0. The second-order valence-corrected chi connectivity index (χ2v) is 4.28. The first kappa shape index (κ1) is 19.5. The number of aldehydes is 1. The van der Waals surface area contributed by atoms with E-state index in [0.29, 0.717) is 17.5 Å². The number of aliphatic hydroxyl groups is 1. The molecule has 0 aromatic carbocycles. The fraction of sp³-hybridized carbons (Fsp3) is 0.385. The molecule has 0 aliphatic rings. The number of nitrogens with zero attached hydrogens (tertiary/aromatic N) is 1. The number of aryl methyl sites for hydroxylation is 1. The lowest BCUT2D eigenvalue weighted by molar-refractivity contribution is -0.139. The normalized spacial score (nSPS) is 11.0. The largest absolute Gasteiger partial charge is 0.505 e. The maximum absolute atomic E-state index is 10.5.